The molecular formula is C21H24Cl2N2O5. The maximum absolute atomic E-state index is 13.2. The first-order valence-corrected chi connectivity index (χ1v) is 9.78. The smallest absolute Gasteiger partial charge is 0.341 e. The van der Waals surface area contributed by atoms with E-state index in [0.717, 1.165) is 0 Å². The zero-order chi connectivity index (χ0) is 22.6. The van der Waals surface area contributed by atoms with E-state index >= 15 is 0 Å². The van der Waals surface area contributed by atoms with E-state index in [2.05, 4.69) is 0 Å². The highest BCUT2D eigenvalue weighted by Gasteiger charge is 2.21. The Morgan fingerprint density at radius 2 is 1.50 bits per heavy atom. The van der Waals surface area contributed by atoms with Crippen molar-refractivity contribution in [3.63, 3.8) is 0 Å². The summed E-state index contributed by atoms with van der Waals surface area (Å²) < 4.78 is 5.09. The van der Waals surface area contributed by atoms with Gasteiger partial charge in [0.2, 0.25) is 0 Å². The average molecular weight is 455 g/mol. The first-order chi connectivity index (χ1) is 14.0. The van der Waals surface area contributed by atoms with Gasteiger partial charge >= 0.3 is 5.97 Å². The van der Waals surface area contributed by atoms with E-state index in [1.807, 2.05) is 38.0 Å². The molecule has 2 rings (SSSR count). The normalized spacial score (nSPS) is 11.2. The van der Waals surface area contributed by atoms with Crippen LogP contribution in [0, 0.1) is 0 Å². The summed E-state index contributed by atoms with van der Waals surface area (Å²) in [4.78, 5) is 27.7. The van der Waals surface area contributed by atoms with Crippen molar-refractivity contribution in [3.05, 3.63) is 56.6 Å². The Kier molecular flexibility index (Phi) is 8.09. The molecule has 2 aromatic rings. The van der Waals surface area contributed by atoms with Gasteiger partial charge < -0.3 is 24.7 Å². The highest BCUT2D eigenvalue weighted by Crippen LogP contribution is 2.36. The number of rotatable bonds is 9. The largest absolute Gasteiger partial charge is 0.507 e. The fourth-order valence-electron chi connectivity index (χ4n) is 2.93. The maximum Gasteiger partial charge on any atom is 0.341 e. The summed E-state index contributed by atoms with van der Waals surface area (Å²) in [5.41, 5.74) is 1.75. The quantitative estimate of drug-likeness (QED) is 0.560. The lowest BCUT2D eigenvalue weighted by Crippen LogP contribution is -2.15. The van der Waals surface area contributed by atoms with Crippen molar-refractivity contribution in [1.82, 2.24) is 9.80 Å². The van der Waals surface area contributed by atoms with Crippen LogP contribution in [0.4, 0.5) is 0 Å². The second-order valence-electron chi connectivity index (χ2n) is 7.37. The van der Waals surface area contributed by atoms with Gasteiger partial charge in [-0.25, -0.2) is 4.79 Å². The molecule has 0 atom stereocenters. The number of carboxylic acid groups (broad SMARTS) is 1. The summed E-state index contributed by atoms with van der Waals surface area (Å²) >= 11 is 12.5. The third kappa shape index (κ3) is 5.86. The van der Waals surface area contributed by atoms with Crippen LogP contribution in [0.3, 0.4) is 0 Å². The third-order valence-electron chi connectivity index (χ3n) is 4.15. The van der Waals surface area contributed by atoms with E-state index in [1.54, 1.807) is 12.1 Å². The summed E-state index contributed by atoms with van der Waals surface area (Å²) in [6.07, 6.45) is 0. The molecule has 2 N–H and O–H groups in total. The van der Waals surface area contributed by atoms with Crippen LogP contribution in [0.5, 0.6) is 11.5 Å². The van der Waals surface area contributed by atoms with Crippen LogP contribution >= 0.6 is 23.2 Å². The van der Waals surface area contributed by atoms with Crippen molar-refractivity contribution in [2.24, 2.45) is 0 Å². The van der Waals surface area contributed by atoms with Crippen molar-refractivity contribution in [2.75, 3.05) is 34.8 Å². The number of ether oxygens (including phenoxy) is 1. The Bertz CT molecular complexity index is 930. The second kappa shape index (κ2) is 10.1. The Balaban J connectivity index is 2.49. The number of carboxylic acids is 1. The molecule has 162 valence electrons. The van der Waals surface area contributed by atoms with Gasteiger partial charge in [0.1, 0.15) is 16.5 Å². The van der Waals surface area contributed by atoms with E-state index < -0.39 is 12.6 Å². The van der Waals surface area contributed by atoms with E-state index in [4.69, 9.17) is 33.0 Å². The third-order valence-corrected chi connectivity index (χ3v) is 5.01. The van der Waals surface area contributed by atoms with Gasteiger partial charge in [0.15, 0.2) is 12.4 Å². The standard InChI is InChI=1S/C21H24Cl2N2O5/c1-24(2)9-13-7-12(8-14(20(13)28)10-25(3)4)21(29)15-5-6-16(19(23)18(15)22)30-11-17(26)27/h5-8,28H,9-11H2,1-4H3,(H,26,27). The number of hydrogen-bond acceptors (Lipinski definition) is 6. The Labute approximate surface area is 185 Å². The van der Waals surface area contributed by atoms with E-state index in [0.29, 0.717) is 29.8 Å². The minimum absolute atomic E-state index is 0.0269. The van der Waals surface area contributed by atoms with Crippen molar-refractivity contribution >= 4 is 35.0 Å². The summed E-state index contributed by atoms with van der Waals surface area (Å²) in [6, 6.07) is 6.12. The van der Waals surface area contributed by atoms with E-state index in [1.165, 1.54) is 12.1 Å². The van der Waals surface area contributed by atoms with Gasteiger partial charge in [-0.1, -0.05) is 23.2 Å². The van der Waals surface area contributed by atoms with Gasteiger partial charge in [-0.05, 0) is 52.5 Å². The van der Waals surface area contributed by atoms with Crippen LogP contribution in [0.15, 0.2) is 24.3 Å². The van der Waals surface area contributed by atoms with Gasteiger partial charge in [-0.3, -0.25) is 4.79 Å². The van der Waals surface area contributed by atoms with Crippen LogP contribution in [0.25, 0.3) is 0 Å². The first-order valence-electron chi connectivity index (χ1n) is 9.02. The van der Waals surface area contributed by atoms with Crippen molar-refractivity contribution in [3.8, 4) is 11.5 Å². The number of phenolic OH excluding ortho intramolecular Hbond substituents is 1. The lowest BCUT2D eigenvalue weighted by Gasteiger charge is -2.18. The van der Waals surface area contributed by atoms with Gasteiger partial charge in [-0.15, -0.1) is 0 Å². The van der Waals surface area contributed by atoms with Crippen LogP contribution in [-0.4, -0.2) is 66.6 Å². The minimum Gasteiger partial charge on any atom is -0.507 e. The van der Waals surface area contributed by atoms with Crippen molar-refractivity contribution in [2.45, 2.75) is 13.1 Å². The molecule has 0 amide bonds. The number of nitrogens with zero attached hydrogens (tertiary/aromatic N) is 2. The Hall–Kier alpha value is -2.32. The molecule has 0 aliphatic heterocycles. The number of benzene rings is 2. The highest BCUT2D eigenvalue weighted by atomic mass is 35.5. The monoisotopic (exact) mass is 454 g/mol. The summed E-state index contributed by atoms with van der Waals surface area (Å²) in [6.45, 7) is 0.316. The molecule has 0 saturated heterocycles. The van der Waals surface area contributed by atoms with Gasteiger partial charge in [-0.2, -0.15) is 0 Å². The van der Waals surface area contributed by atoms with Gasteiger partial charge in [0.05, 0.1) is 5.02 Å². The SMILES string of the molecule is CN(C)Cc1cc(C(=O)c2ccc(OCC(=O)O)c(Cl)c2Cl)cc(CN(C)C)c1O. The average Bonchev–Trinajstić information content (AvgIpc) is 2.64. The molecule has 0 unspecified atom stereocenters. The zero-order valence-corrected chi connectivity index (χ0v) is 18.7. The summed E-state index contributed by atoms with van der Waals surface area (Å²) in [5, 5.41) is 19.3. The van der Waals surface area contributed by atoms with Gasteiger partial charge in [0, 0.05) is 35.3 Å². The fraction of sp³-hybridized carbons (Fsp3) is 0.333. The van der Waals surface area contributed by atoms with Crippen LogP contribution < -0.4 is 4.74 Å². The van der Waals surface area contributed by atoms with Gasteiger partial charge in [0.25, 0.3) is 0 Å². The number of halogens is 2. The molecule has 0 radical (unpaired) electrons. The highest BCUT2D eigenvalue weighted by molar-refractivity contribution is 6.45. The van der Waals surface area contributed by atoms with Crippen LogP contribution in [0.1, 0.15) is 27.0 Å². The molecule has 0 aliphatic rings. The molecule has 30 heavy (non-hydrogen) atoms. The predicted octanol–water partition coefficient (Wildman–Crippen LogP) is 3.52. The first kappa shape index (κ1) is 24.0. The number of carbonyl (C=O) groups is 2. The number of carbonyl (C=O) groups excluding carboxylic acids is 1. The maximum atomic E-state index is 13.2. The second-order valence-corrected chi connectivity index (χ2v) is 8.13. The summed E-state index contributed by atoms with van der Waals surface area (Å²) in [5.74, 6) is -1.30. The number of phenols is 1. The minimum atomic E-state index is -1.16. The number of aromatic hydroxyl groups is 1. The van der Waals surface area contributed by atoms with E-state index in [9.17, 15) is 14.7 Å². The predicted molar refractivity (Wildman–Crippen MR) is 116 cm³/mol. The molecule has 9 heteroatoms. The topological polar surface area (TPSA) is 90.3 Å². The molecule has 2 aromatic carbocycles. The van der Waals surface area contributed by atoms with E-state index in [-0.39, 0.29) is 32.9 Å². The molecule has 0 saturated carbocycles. The molecule has 0 spiro atoms. The number of ketones is 1. The van der Waals surface area contributed by atoms with Crippen molar-refractivity contribution < 1.29 is 24.5 Å². The lowest BCUT2D eigenvalue weighted by atomic mass is 9.97. The molecule has 0 bridgehead atoms. The summed E-state index contributed by atoms with van der Waals surface area (Å²) in [7, 11) is 7.47. The Morgan fingerprint density at radius 1 is 0.967 bits per heavy atom. The van der Waals surface area contributed by atoms with Crippen LogP contribution in [-0.2, 0) is 17.9 Å². The van der Waals surface area contributed by atoms with Crippen LogP contribution in [0.2, 0.25) is 10.0 Å². The zero-order valence-electron chi connectivity index (χ0n) is 17.2. The number of aliphatic carboxylic acids is 1. The molecular weight excluding hydrogens is 431 g/mol. The van der Waals surface area contributed by atoms with Crippen molar-refractivity contribution in [1.29, 1.82) is 0 Å². The molecule has 0 aromatic heterocycles. The molecule has 7 nitrogen and oxygen atoms in total. The Morgan fingerprint density at radius 3 is 1.97 bits per heavy atom. The fourth-order valence-corrected chi connectivity index (χ4v) is 3.39. The lowest BCUT2D eigenvalue weighted by molar-refractivity contribution is -0.139. The molecule has 0 fully saturated rings. The number of hydrogen-bond donors (Lipinski definition) is 2. The molecule has 0 aliphatic carbocycles. The molecule has 0 heterocycles.